The van der Waals surface area contributed by atoms with Gasteiger partial charge in [0, 0.05) is 43.3 Å². The van der Waals surface area contributed by atoms with Crippen molar-refractivity contribution in [1.82, 2.24) is 14.7 Å². The zero-order valence-electron chi connectivity index (χ0n) is 16.0. The van der Waals surface area contributed by atoms with Gasteiger partial charge in [-0.3, -0.25) is 9.59 Å². The maximum atomic E-state index is 13.3. The number of amides is 2. The van der Waals surface area contributed by atoms with E-state index in [4.69, 9.17) is 11.6 Å². The molecule has 0 saturated carbocycles. The molecule has 5 nitrogen and oxygen atoms in total. The van der Waals surface area contributed by atoms with Crippen LogP contribution in [0.2, 0.25) is 5.02 Å². The molecule has 2 amide bonds. The van der Waals surface area contributed by atoms with E-state index in [1.165, 1.54) is 12.8 Å². The third-order valence-corrected chi connectivity index (χ3v) is 6.93. The van der Waals surface area contributed by atoms with Crippen molar-refractivity contribution in [2.24, 2.45) is 11.3 Å². The van der Waals surface area contributed by atoms with Gasteiger partial charge in [-0.25, -0.2) is 0 Å². The van der Waals surface area contributed by atoms with E-state index in [2.05, 4.69) is 11.8 Å². The Bertz CT molecular complexity index is 734. The predicted octanol–water partition coefficient (Wildman–Crippen LogP) is 2.75. The lowest BCUT2D eigenvalue weighted by molar-refractivity contribution is -0.137. The molecule has 0 bridgehead atoms. The molecule has 27 heavy (non-hydrogen) atoms. The number of benzene rings is 1. The largest absolute Gasteiger partial charge is 0.341 e. The molecule has 0 radical (unpaired) electrons. The fraction of sp³-hybridized carbons (Fsp3) is 0.619. The van der Waals surface area contributed by atoms with E-state index in [0.717, 1.165) is 39.1 Å². The Hall–Kier alpha value is -1.59. The van der Waals surface area contributed by atoms with Crippen molar-refractivity contribution < 1.29 is 9.59 Å². The summed E-state index contributed by atoms with van der Waals surface area (Å²) in [5.74, 6) is 0.407. The van der Waals surface area contributed by atoms with E-state index >= 15 is 0 Å². The summed E-state index contributed by atoms with van der Waals surface area (Å²) in [5.41, 5.74) is 0.197. The number of hydrogen-bond donors (Lipinski definition) is 0. The van der Waals surface area contributed by atoms with Crippen molar-refractivity contribution in [1.29, 1.82) is 0 Å². The summed E-state index contributed by atoms with van der Waals surface area (Å²) in [5, 5.41) is 0.563. The van der Waals surface area contributed by atoms with Gasteiger partial charge in [-0.05, 0) is 56.5 Å². The zero-order chi connectivity index (χ0) is 19.0. The van der Waals surface area contributed by atoms with Crippen LogP contribution in [0.3, 0.4) is 0 Å². The normalized spacial score (nSPS) is 28.7. The fourth-order valence-corrected chi connectivity index (χ4v) is 5.16. The van der Waals surface area contributed by atoms with Crippen LogP contribution in [-0.4, -0.2) is 72.3 Å². The second kappa shape index (κ2) is 7.44. The van der Waals surface area contributed by atoms with Gasteiger partial charge in [-0.15, -0.1) is 0 Å². The molecule has 3 aliphatic rings. The second-order valence-electron chi connectivity index (χ2n) is 8.34. The summed E-state index contributed by atoms with van der Waals surface area (Å²) >= 11 is 6.04. The average molecular weight is 390 g/mol. The van der Waals surface area contributed by atoms with Gasteiger partial charge in [0.25, 0.3) is 5.91 Å². The van der Waals surface area contributed by atoms with Crippen LogP contribution in [0.4, 0.5) is 0 Å². The molecule has 0 unspecified atom stereocenters. The monoisotopic (exact) mass is 389 g/mol. The van der Waals surface area contributed by atoms with Gasteiger partial charge in [-0.1, -0.05) is 24.6 Å². The standard InChI is InChI=1S/C21H28ClN3O2/c1-16-14-25(19(26)17-5-4-6-18(22)13-17)15-21(16)7-10-24(20(21)27)12-11-23-8-2-3-9-23/h4-6,13,16H,2-3,7-12,14-15H2,1H3/t16-,21-/m1/s1. The van der Waals surface area contributed by atoms with Crippen molar-refractivity contribution in [3.8, 4) is 0 Å². The van der Waals surface area contributed by atoms with Crippen molar-refractivity contribution in [3.05, 3.63) is 34.9 Å². The number of carbonyl (C=O) groups is 2. The summed E-state index contributed by atoms with van der Waals surface area (Å²) in [4.78, 5) is 32.5. The first-order valence-corrected chi connectivity index (χ1v) is 10.4. The van der Waals surface area contributed by atoms with Crippen LogP contribution in [0.25, 0.3) is 0 Å². The third-order valence-electron chi connectivity index (χ3n) is 6.70. The maximum Gasteiger partial charge on any atom is 0.253 e. The molecule has 3 saturated heterocycles. The topological polar surface area (TPSA) is 43.9 Å². The molecule has 4 rings (SSSR count). The maximum absolute atomic E-state index is 13.3. The first-order valence-electron chi connectivity index (χ1n) is 10.1. The van der Waals surface area contributed by atoms with Crippen LogP contribution in [0, 0.1) is 11.3 Å². The Balaban J connectivity index is 1.42. The predicted molar refractivity (Wildman–Crippen MR) is 106 cm³/mol. The number of rotatable bonds is 4. The van der Waals surface area contributed by atoms with Crippen molar-refractivity contribution in [2.75, 3.05) is 45.8 Å². The first-order chi connectivity index (χ1) is 13.0. The van der Waals surface area contributed by atoms with Crippen LogP contribution >= 0.6 is 11.6 Å². The first kappa shape index (κ1) is 18.8. The van der Waals surface area contributed by atoms with E-state index in [1.54, 1.807) is 24.3 Å². The molecule has 3 fully saturated rings. The summed E-state index contributed by atoms with van der Waals surface area (Å²) in [6.45, 7) is 8.20. The summed E-state index contributed by atoms with van der Waals surface area (Å²) in [7, 11) is 0. The SMILES string of the molecule is C[C@@H]1CN(C(=O)c2cccc(Cl)c2)C[C@]12CCN(CCN1CCCC1)C2=O. The molecule has 3 aliphatic heterocycles. The Labute approximate surface area is 166 Å². The molecular formula is C21H28ClN3O2. The van der Waals surface area contributed by atoms with E-state index in [-0.39, 0.29) is 17.7 Å². The quantitative estimate of drug-likeness (QED) is 0.795. The molecule has 1 aromatic rings. The fourth-order valence-electron chi connectivity index (χ4n) is 4.97. The lowest BCUT2D eigenvalue weighted by atomic mass is 9.78. The Morgan fingerprint density at radius 1 is 1.22 bits per heavy atom. The molecular weight excluding hydrogens is 362 g/mol. The van der Waals surface area contributed by atoms with Gasteiger partial charge in [0.05, 0.1) is 5.41 Å². The minimum Gasteiger partial charge on any atom is -0.341 e. The number of halogens is 1. The number of likely N-dealkylation sites (tertiary alicyclic amines) is 3. The highest BCUT2D eigenvalue weighted by Crippen LogP contribution is 2.45. The van der Waals surface area contributed by atoms with Crippen LogP contribution in [-0.2, 0) is 4.79 Å². The molecule has 1 aromatic carbocycles. The highest BCUT2D eigenvalue weighted by Gasteiger charge is 2.55. The van der Waals surface area contributed by atoms with E-state index in [0.29, 0.717) is 23.7 Å². The van der Waals surface area contributed by atoms with E-state index in [9.17, 15) is 9.59 Å². The third kappa shape index (κ3) is 3.47. The summed E-state index contributed by atoms with van der Waals surface area (Å²) in [6, 6.07) is 7.07. The number of carbonyl (C=O) groups excluding carboxylic acids is 2. The molecule has 2 atom stereocenters. The van der Waals surface area contributed by atoms with Crippen molar-refractivity contribution in [2.45, 2.75) is 26.2 Å². The van der Waals surface area contributed by atoms with Crippen LogP contribution in [0.5, 0.6) is 0 Å². The summed E-state index contributed by atoms with van der Waals surface area (Å²) < 4.78 is 0. The van der Waals surface area contributed by atoms with Crippen LogP contribution < -0.4 is 0 Å². The molecule has 3 heterocycles. The smallest absolute Gasteiger partial charge is 0.253 e. The van der Waals surface area contributed by atoms with E-state index in [1.807, 2.05) is 9.80 Å². The lowest BCUT2D eigenvalue weighted by Crippen LogP contribution is -2.42. The van der Waals surface area contributed by atoms with Crippen molar-refractivity contribution >= 4 is 23.4 Å². The van der Waals surface area contributed by atoms with Gasteiger partial charge < -0.3 is 14.7 Å². The number of nitrogens with zero attached hydrogens (tertiary/aromatic N) is 3. The van der Waals surface area contributed by atoms with Gasteiger partial charge in [0.1, 0.15) is 0 Å². The molecule has 6 heteroatoms. The molecule has 0 aromatic heterocycles. The Kier molecular flexibility index (Phi) is 5.17. The lowest BCUT2D eigenvalue weighted by Gasteiger charge is -2.27. The molecule has 146 valence electrons. The molecule has 0 aliphatic carbocycles. The highest BCUT2D eigenvalue weighted by molar-refractivity contribution is 6.30. The second-order valence-corrected chi connectivity index (χ2v) is 8.78. The van der Waals surface area contributed by atoms with E-state index < -0.39 is 5.41 Å². The van der Waals surface area contributed by atoms with Crippen LogP contribution in [0.15, 0.2) is 24.3 Å². The minimum absolute atomic E-state index is 0.0236. The van der Waals surface area contributed by atoms with Gasteiger partial charge in [0.15, 0.2) is 0 Å². The van der Waals surface area contributed by atoms with Crippen LogP contribution in [0.1, 0.15) is 36.5 Å². The summed E-state index contributed by atoms with van der Waals surface area (Å²) in [6.07, 6.45) is 3.40. The average Bonchev–Trinajstić information content (AvgIpc) is 3.36. The molecule has 0 N–H and O–H groups in total. The molecule has 1 spiro atoms. The van der Waals surface area contributed by atoms with Crippen molar-refractivity contribution in [3.63, 3.8) is 0 Å². The highest BCUT2D eigenvalue weighted by atomic mass is 35.5. The van der Waals surface area contributed by atoms with Gasteiger partial charge in [0.2, 0.25) is 5.91 Å². The van der Waals surface area contributed by atoms with Gasteiger partial charge >= 0.3 is 0 Å². The number of hydrogen-bond acceptors (Lipinski definition) is 3. The Morgan fingerprint density at radius 3 is 2.74 bits per heavy atom. The minimum atomic E-state index is -0.404. The zero-order valence-corrected chi connectivity index (χ0v) is 16.7. The Morgan fingerprint density at radius 2 is 2.00 bits per heavy atom. The van der Waals surface area contributed by atoms with Gasteiger partial charge in [-0.2, -0.15) is 0 Å².